The third kappa shape index (κ3) is 3.25. The van der Waals surface area contributed by atoms with Crippen LogP contribution in [0.5, 0.6) is 0 Å². The fourth-order valence-electron chi connectivity index (χ4n) is 3.70. The monoisotopic (exact) mass is 347 g/mol. The van der Waals surface area contributed by atoms with E-state index in [0.717, 1.165) is 25.9 Å². The van der Waals surface area contributed by atoms with Gasteiger partial charge >= 0.3 is 0 Å². The summed E-state index contributed by atoms with van der Waals surface area (Å²) in [5, 5.41) is 4.76. The molecule has 0 atom stereocenters. The highest BCUT2D eigenvalue weighted by Gasteiger charge is 2.24. The summed E-state index contributed by atoms with van der Waals surface area (Å²) in [7, 11) is 0. The molecule has 0 aliphatic carbocycles. The van der Waals surface area contributed by atoms with Crippen LogP contribution in [0.2, 0.25) is 0 Å². The van der Waals surface area contributed by atoms with Crippen molar-refractivity contribution in [2.24, 2.45) is 0 Å². The number of nitrogens with zero attached hydrogens (tertiary/aromatic N) is 3. The maximum absolute atomic E-state index is 12.7. The van der Waals surface area contributed by atoms with Crippen molar-refractivity contribution < 1.29 is 4.79 Å². The number of likely N-dealkylation sites (tertiary alicyclic amines) is 1. The molecule has 0 radical (unpaired) electrons. The van der Waals surface area contributed by atoms with Crippen molar-refractivity contribution in [3.8, 4) is 0 Å². The molecule has 4 rings (SSSR count). The number of hydrogen-bond donors (Lipinski definition) is 0. The predicted octanol–water partition coefficient (Wildman–Crippen LogP) is 2.80. The fourth-order valence-corrected chi connectivity index (χ4v) is 3.70. The van der Waals surface area contributed by atoms with Crippen LogP contribution in [-0.2, 0) is 11.3 Å². The third-order valence-electron chi connectivity index (χ3n) is 5.17. The molecule has 1 aliphatic heterocycles. The Morgan fingerprint density at radius 2 is 1.69 bits per heavy atom. The van der Waals surface area contributed by atoms with Gasteiger partial charge in [-0.25, -0.2) is 0 Å². The number of aromatic nitrogens is 2. The Morgan fingerprint density at radius 1 is 1.00 bits per heavy atom. The lowest BCUT2D eigenvalue weighted by Crippen LogP contribution is -2.40. The number of carbonyl (C=O) groups excluding carboxylic acids is 1. The molecular formula is C21H21N3O2. The summed E-state index contributed by atoms with van der Waals surface area (Å²) in [6.45, 7) is 1.68. The summed E-state index contributed by atoms with van der Waals surface area (Å²) in [4.78, 5) is 26.6. The first-order chi connectivity index (χ1) is 12.7. The highest BCUT2D eigenvalue weighted by atomic mass is 16.2. The second-order valence-corrected chi connectivity index (χ2v) is 6.75. The number of hydrogen-bond acceptors (Lipinski definition) is 3. The van der Waals surface area contributed by atoms with Crippen LogP contribution in [0.1, 0.15) is 24.3 Å². The van der Waals surface area contributed by atoms with Gasteiger partial charge in [-0.3, -0.25) is 14.3 Å². The molecule has 0 spiro atoms. The van der Waals surface area contributed by atoms with Gasteiger partial charge in [0.2, 0.25) is 11.3 Å². The molecule has 1 amide bonds. The molecule has 0 saturated carbocycles. The van der Waals surface area contributed by atoms with Crippen molar-refractivity contribution in [1.82, 2.24) is 14.7 Å². The summed E-state index contributed by atoms with van der Waals surface area (Å²) < 4.78 is 1.63. The minimum atomic E-state index is -0.118. The van der Waals surface area contributed by atoms with Crippen LogP contribution in [0.4, 0.5) is 0 Å². The molecule has 1 aliphatic rings. The molecule has 5 nitrogen and oxygen atoms in total. The van der Waals surface area contributed by atoms with Crippen molar-refractivity contribution in [3.05, 3.63) is 76.6 Å². The van der Waals surface area contributed by atoms with Crippen molar-refractivity contribution in [2.45, 2.75) is 25.3 Å². The van der Waals surface area contributed by atoms with E-state index in [0.29, 0.717) is 16.8 Å². The van der Waals surface area contributed by atoms with Crippen LogP contribution < -0.4 is 5.43 Å². The van der Waals surface area contributed by atoms with Crippen LogP contribution in [-0.4, -0.2) is 33.7 Å². The number of piperidine rings is 1. The number of fused-ring (bicyclic) bond motifs is 1. The second-order valence-electron chi connectivity index (χ2n) is 6.75. The van der Waals surface area contributed by atoms with Gasteiger partial charge in [0.25, 0.3) is 0 Å². The lowest BCUT2D eigenvalue weighted by Gasteiger charge is -2.32. The van der Waals surface area contributed by atoms with E-state index in [9.17, 15) is 9.59 Å². The fraction of sp³-hybridized carbons (Fsp3) is 0.286. The average molecular weight is 347 g/mol. The second kappa shape index (κ2) is 7.12. The minimum absolute atomic E-state index is 0.0535. The molecule has 2 aromatic carbocycles. The lowest BCUT2D eigenvalue weighted by molar-refractivity contribution is -0.133. The van der Waals surface area contributed by atoms with Gasteiger partial charge in [-0.05, 0) is 36.5 Å². The molecular weight excluding hydrogens is 326 g/mol. The molecule has 3 aromatic rings. The van der Waals surface area contributed by atoms with Crippen LogP contribution in [0, 0.1) is 0 Å². The topological polar surface area (TPSA) is 55.2 Å². The van der Waals surface area contributed by atoms with Gasteiger partial charge in [0, 0.05) is 18.5 Å². The Morgan fingerprint density at radius 3 is 2.46 bits per heavy atom. The predicted molar refractivity (Wildman–Crippen MR) is 101 cm³/mol. The van der Waals surface area contributed by atoms with E-state index < -0.39 is 0 Å². The molecule has 0 unspecified atom stereocenters. The van der Waals surface area contributed by atoms with Gasteiger partial charge in [0.15, 0.2) is 0 Å². The zero-order valence-corrected chi connectivity index (χ0v) is 14.5. The van der Waals surface area contributed by atoms with E-state index in [4.69, 9.17) is 0 Å². The molecule has 1 aromatic heterocycles. The highest BCUT2D eigenvalue weighted by molar-refractivity contribution is 5.81. The lowest BCUT2D eigenvalue weighted by atomic mass is 9.89. The van der Waals surface area contributed by atoms with E-state index in [1.807, 2.05) is 29.2 Å². The van der Waals surface area contributed by atoms with Gasteiger partial charge in [-0.15, -0.1) is 0 Å². The zero-order valence-electron chi connectivity index (χ0n) is 14.5. The Labute approximate surface area is 151 Å². The summed E-state index contributed by atoms with van der Waals surface area (Å²) in [5.74, 6) is 0.574. The molecule has 5 heteroatoms. The Balaban J connectivity index is 1.45. The summed E-state index contributed by atoms with van der Waals surface area (Å²) >= 11 is 0. The normalized spacial score (nSPS) is 15.3. The van der Waals surface area contributed by atoms with Crippen molar-refractivity contribution in [2.75, 3.05) is 13.1 Å². The van der Waals surface area contributed by atoms with Crippen molar-refractivity contribution in [1.29, 1.82) is 0 Å². The van der Waals surface area contributed by atoms with Crippen molar-refractivity contribution in [3.63, 3.8) is 0 Å². The number of benzene rings is 2. The number of para-hydroxylation sites is 1. The van der Waals surface area contributed by atoms with E-state index >= 15 is 0 Å². The molecule has 26 heavy (non-hydrogen) atoms. The standard InChI is InChI=1S/C21H21N3O2/c25-20-14-22-24(19-9-5-4-8-18(19)20)15-21(26)23-12-10-17(11-13-23)16-6-2-1-3-7-16/h1-9,14,17H,10-13,15H2. The van der Waals surface area contributed by atoms with Gasteiger partial charge in [-0.1, -0.05) is 42.5 Å². The van der Waals surface area contributed by atoms with Crippen LogP contribution >= 0.6 is 0 Å². The van der Waals surface area contributed by atoms with E-state index in [2.05, 4.69) is 29.4 Å². The Kier molecular flexibility index (Phi) is 4.52. The zero-order chi connectivity index (χ0) is 17.9. The molecule has 2 heterocycles. The summed E-state index contributed by atoms with van der Waals surface area (Å²) in [6.07, 6.45) is 3.25. The first kappa shape index (κ1) is 16.5. The minimum Gasteiger partial charge on any atom is -0.341 e. The smallest absolute Gasteiger partial charge is 0.244 e. The van der Waals surface area contributed by atoms with E-state index in [-0.39, 0.29) is 17.9 Å². The maximum atomic E-state index is 12.7. The Bertz CT molecular complexity index is 973. The van der Waals surface area contributed by atoms with E-state index in [1.54, 1.807) is 10.7 Å². The molecule has 132 valence electrons. The maximum Gasteiger partial charge on any atom is 0.244 e. The Hall–Kier alpha value is -2.95. The molecule has 1 saturated heterocycles. The first-order valence-corrected chi connectivity index (χ1v) is 9.00. The molecule has 1 fully saturated rings. The van der Waals surface area contributed by atoms with Crippen molar-refractivity contribution >= 4 is 16.8 Å². The first-order valence-electron chi connectivity index (χ1n) is 9.00. The average Bonchev–Trinajstić information content (AvgIpc) is 2.71. The third-order valence-corrected chi connectivity index (χ3v) is 5.17. The number of amides is 1. The van der Waals surface area contributed by atoms with E-state index in [1.165, 1.54) is 11.8 Å². The summed E-state index contributed by atoms with van der Waals surface area (Å²) in [5.41, 5.74) is 1.94. The molecule has 0 bridgehead atoms. The van der Waals surface area contributed by atoms with Crippen LogP contribution in [0.3, 0.4) is 0 Å². The van der Waals surface area contributed by atoms with Gasteiger partial charge < -0.3 is 4.90 Å². The van der Waals surface area contributed by atoms with Gasteiger partial charge in [-0.2, -0.15) is 5.10 Å². The molecule has 0 N–H and O–H groups in total. The highest BCUT2D eigenvalue weighted by Crippen LogP contribution is 2.27. The SMILES string of the molecule is O=C(Cn1ncc(=O)c2ccccc21)N1CCC(c2ccccc2)CC1. The van der Waals surface area contributed by atoms with Crippen LogP contribution in [0.25, 0.3) is 10.9 Å². The van der Waals surface area contributed by atoms with Gasteiger partial charge in [0.1, 0.15) is 6.54 Å². The quantitative estimate of drug-likeness (QED) is 0.732. The number of carbonyl (C=O) groups is 1. The van der Waals surface area contributed by atoms with Gasteiger partial charge in [0.05, 0.1) is 11.7 Å². The largest absolute Gasteiger partial charge is 0.341 e. The number of rotatable bonds is 3. The summed E-state index contributed by atoms with van der Waals surface area (Å²) in [6, 6.07) is 17.8. The van der Waals surface area contributed by atoms with Crippen LogP contribution in [0.15, 0.2) is 65.6 Å².